The van der Waals surface area contributed by atoms with Crippen LogP contribution in [-0.2, 0) is 4.74 Å². The van der Waals surface area contributed by atoms with Gasteiger partial charge in [0.15, 0.2) is 0 Å². The Labute approximate surface area is 65.6 Å². The third-order valence-corrected chi connectivity index (χ3v) is 1.41. The lowest BCUT2D eigenvalue weighted by molar-refractivity contribution is 0.0296. The van der Waals surface area contributed by atoms with Crippen LogP contribution in [0.3, 0.4) is 0 Å². The molecule has 62 valence electrons. The molecule has 1 unspecified atom stereocenters. The molecule has 0 aromatic heterocycles. The summed E-state index contributed by atoms with van der Waals surface area (Å²) in [6, 6.07) is 0. The molecule has 1 atom stereocenters. The van der Waals surface area contributed by atoms with E-state index in [1.807, 2.05) is 18.2 Å². The summed E-state index contributed by atoms with van der Waals surface area (Å²) >= 11 is 0. The Balaban J connectivity index is 2.12. The highest BCUT2D eigenvalue weighted by Crippen LogP contribution is 2.11. The highest BCUT2D eigenvalue weighted by molar-refractivity contribution is 5.18. The van der Waals surface area contributed by atoms with Crippen LogP contribution in [0.1, 0.15) is 6.42 Å². The molecule has 0 aromatic carbocycles. The SMILES string of the molecule is OCC(O)COC1=CC=CC1. The summed E-state index contributed by atoms with van der Waals surface area (Å²) in [6.45, 7) is -0.0786. The van der Waals surface area contributed by atoms with Crippen LogP contribution in [-0.4, -0.2) is 29.5 Å². The molecule has 0 amide bonds. The predicted octanol–water partition coefficient (Wildman–Crippen LogP) is 0.200. The van der Waals surface area contributed by atoms with E-state index >= 15 is 0 Å². The van der Waals surface area contributed by atoms with Gasteiger partial charge in [-0.1, -0.05) is 12.2 Å². The van der Waals surface area contributed by atoms with Gasteiger partial charge in [0.2, 0.25) is 0 Å². The van der Waals surface area contributed by atoms with Gasteiger partial charge in [0.1, 0.15) is 12.7 Å². The second-order valence-electron chi connectivity index (χ2n) is 2.41. The van der Waals surface area contributed by atoms with E-state index in [0.29, 0.717) is 0 Å². The fourth-order valence-electron chi connectivity index (χ4n) is 0.791. The quantitative estimate of drug-likeness (QED) is 0.611. The first kappa shape index (κ1) is 8.30. The fraction of sp³-hybridized carbons (Fsp3) is 0.500. The molecule has 1 aliphatic rings. The molecule has 11 heavy (non-hydrogen) atoms. The van der Waals surface area contributed by atoms with Gasteiger partial charge in [0.05, 0.1) is 12.4 Å². The summed E-state index contributed by atoms with van der Waals surface area (Å²) in [5, 5.41) is 17.3. The van der Waals surface area contributed by atoms with Gasteiger partial charge in [0, 0.05) is 6.42 Å². The summed E-state index contributed by atoms with van der Waals surface area (Å²) < 4.78 is 5.14. The first-order valence-electron chi connectivity index (χ1n) is 3.60. The van der Waals surface area contributed by atoms with Crippen LogP contribution in [0.2, 0.25) is 0 Å². The number of rotatable bonds is 4. The van der Waals surface area contributed by atoms with E-state index in [-0.39, 0.29) is 13.2 Å². The minimum absolute atomic E-state index is 0.171. The molecule has 0 bridgehead atoms. The highest BCUT2D eigenvalue weighted by atomic mass is 16.5. The Kier molecular flexibility index (Phi) is 3.14. The zero-order valence-electron chi connectivity index (χ0n) is 6.23. The van der Waals surface area contributed by atoms with Crippen molar-refractivity contribution in [2.24, 2.45) is 0 Å². The van der Waals surface area contributed by atoms with Gasteiger partial charge >= 0.3 is 0 Å². The highest BCUT2D eigenvalue weighted by Gasteiger charge is 2.04. The predicted molar refractivity (Wildman–Crippen MR) is 40.9 cm³/mol. The molecule has 0 fully saturated rings. The van der Waals surface area contributed by atoms with Crippen LogP contribution in [0, 0.1) is 0 Å². The Morgan fingerprint density at radius 3 is 3.00 bits per heavy atom. The van der Waals surface area contributed by atoms with Crippen LogP contribution in [0.25, 0.3) is 0 Å². The summed E-state index contributed by atoms with van der Waals surface area (Å²) in [4.78, 5) is 0. The first-order valence-corrected chi connectivity index (χ1v) is 3.60. The molecule has 3 heteroatoms. The lowest BCUT2D eigenvalue weighted by Crippen LogP contribution is -2.18. The van der Waals surface area contributed by atoms with Crippen molar-refractivity contribution in [3.05, 3.63) is 24.0 Å². The number of aliphatic hydroxyl groups excluding tert-OH is 2. The van der Waals surface area contributed by atoms with Crippen LogP contribution in [0.5, 0.6) is 0 Å². The summed E-state index contributed by atoms with van der Waals surface area (Å²) in [5.41, 5.74) is 0. The minimum atomic E-state index is -0.767. The number of allylic oxidation sites excluding steroid dienone is 3. The van der Waals surface area contributed by atoms with E-state index in [1.54, 1.807) is 0 Å². The van der Waals surface area contributed by atoms with Gasteiger partial charge in [-0.25, -0.2) is 0 Å². The van der Waals surface area contributed by atoms with E-state index in [2.05, 4.69) is 0 Å². The lowest BCUT2D eigenvalue weighted by atomic mass is 10.4. The molecule has 0 aromatic rings. The molecule has 0 spiro atoms. The van der Waals surface area contributed by atoms with Crippen LogP contribution >= 0.6 is 0 Å². The van der Waals surface area contributed by atoms with Gasteiger partial charge in [-0.15, -0.1) is 0 Å². The van der Waals surface area contributed by atoms with Crippen molar-refractivity contribution < 1.29 is 14.9 Å². The average Bonchev–Trinajstić information content (AvgIpc) is 2.52. The van der Waals surface area contributed by atoms with Crippen molar-refractivity contribution in [3.63, 3.8) is 0 Å². The third kappa shape index (κ3) is 2.74. The number of aliphatic hydroxyl groups is 2. The second-order valence-corrected chi connectivity index (χ2v) is 2.41. The van der Waals surface area contributed by atoms with Crippen molar-refractivity contribution in [3.8, 4) is 0 Å². The molecule has 3 nitrogen and oxygen atoms in total. The largest absolute Gasteiger partial charge is 0.495 e. The van der Waals surface area contributed by atoms with E-state index in [9.17, 15) is 0 Å². The van der Waals surface area contributed by atoms with Gasteiger partial charge in [-0.05, 0) is 6.08 Å². The number of ether oxygens (including phenoxy) is 1. The molecule has 1 rings (SSSR count). The molecular weight excluding hydrogens is 144 g/mol. The first-order chi connectivity index (χ1) is 5.33. The molecular formula is C8H12O3. The smallest absolute Gasteiger partial charge is 0.116 e. The topological polar surface area (TPSA) is 49.7 Å². The molecule has 1 aliphatic carbocycles. The molecule has 2 N–H and O–H groups in total. The van der Waals surface area contributed by atoms with Crippen LogP contribution < -0.4 is 0 Å². The zero-order chi connectivity index (χ0) is 8.10. The van der Waals surface area contributed by atoms with E-state index in [4.69, 9.17) is 14.9 Å². The third-order valence-electron chi connectivity index (χ3n) is 1.41. The van der Waals surface area contributed by atoms with Gasteiger partial charge in [-0.3, -0.25) is 0 Å². The van der Waals surface area contributed by atoms with Crippen molar-refractivity contribution in [2.75, 3.05) is 13.2 Å². The van der Waals surface area contributed by atoms with Gasteiger partial charge < -0.3 is 14.9 Å². The Morgan fingerprint density at radius 1 is 1.64 bits per heavy atom. The molecule has 0 radical (unpaired) electrons. The molecule has 0 heterocycles. The van der Waals surface area contributed by atoms with Crippen molar-refractivity contribution in [1.29, 1.82) is 0 Å². The Hall–Kier alpha value is -0.800. The number of hydrogen-bond donors (Lipinski definition) is 2. The Morgan fingerprint density at radius 2 is 2.45 bits per heavy atom. The normalized spacial score (nSPS) is 18.2. The van der Waals surface area contributed by atoms with E-state index in [1.165, 1.54) is 0 Å². The fourth-order valence-corrected chi connectivity index (χ4v) is 0.791. The second kappa shape index (κ2) is 4.16. The summed E-state index contributed by atoms with van der Waals surface area (Å²) in [6.07, 6.45) is 5.75. The molecule has 0 aliphatic heterocycles. The van der Waals surface area contributed by atoms with Crippen molar-refractivity contribution >= 4 is 0 Å². The van der Waals surface area contributed by atoms with Crippen molar-refractivity contribution in [2.45, 2.75) is 12.5 Å². The standard InChI is InChI=1S/C8H12O3/c9-5-7(10)6-11-8-3-1-2-4-8/h1-3,7,9-10H,4-6H2. The van der Waals surface area contributed by atoms with Crippen LogP contribution in [0.4, 0.5) is 0 Å². The monoisotopic (exact) mass is 156 g/mol. The van der Waals surface area contributed by atoms with E-state index < -0.39 is 6.10 Å². The average molecular weight is 156 g/mol. The van der Waals surface area contributed by atoms with Gasteiger partial charge in [0.25, 0.3) is 0 Å². The minimum Gasteiger partial charge on any atom is -0.495 e. The maximum Gasteiger partial charge on any atom is 0.116 e. The summed E-state index contributed by atoms with van der Waals surface area (Å²) in [7, 11) is 0. The van der Waals surface area contributed by atoms with Crippen molar-refractivity contribution in [1.82, 2.24) is 0 Å². The Bertz CT molecular complexity index is 172. The van der Waals surface area contributed by atoms with E-state index in [0.717, 1.165) is 12.2 Å². The molecule has 0 saturated heterocycles. The van der Waals surface area contributed by atoms with Gasteiger partial charge in [-0.2, -0.15) is 0 Å². The maximum absolute atomic E-state index is 8.90. The summed E-state index contributed by atoms with van der Waals surface area (Å²) in [5.74, 6) is 0.845. The lowest BCUT2D eigenvalue weighted by Gasteiger charge is -2.09. The number of hydrogen-bond acceptors (Lipinski definition) is 3. The zero-order valence-corrected chi connectivity index (χ0v) is 6.23. The molecule has 0 saturated carbocycles. The maximum atomic E-state index is 8.90. The van der Waals surface area contributed by atoms with Crippen LogP contribution in [0.15, 0.2) is 24.0 Å².